The van der Waals surface area contributed by atoms with Crippen molar-refractivity contribution in [3.63, 3.8) is 0 Å². The van der Waals surface area contributed by atoms with Crippen LogP contribution in [0.5, 0.6) is 0 Å². The molecule has 2 rings (SSSR count). The summed E-state index contributed by atoms with van der Waals surface area (Å²) in [6.07, 6.45) is 3.52. The second-order valence-electron chi connectivity index (χ2n) is 6.68. The first kappa shape index (κ1) is 16.5. The van der Waals surface area contributed by atoms with Gasteiger partial charge in [-0.3, -0.25) is 0 Å². The summed E-state index contributed by atoms with van der Waals surface area (Å²) in [5.41, 5.74) is 8.24. The zero-order valence-corrected chi connectivity index (χ0v) is 13.5. The fraction of sp³-hybridized carbons (Fsp3) is 0.667. The molecule has 0 bridgehead atoms. The van der Waals surface area contributed by atoms with Crippen molar-refractivity contribution in [3.05, 3.63) is 35.4 Å². The quantitative estimate of drug-likeness (QED) is 0.811. The molecule has 0 radical (unpaired) electrons. The number of benzene rings is 1. The van der Waals surface area contributed by atoms with Gasteiger partial charge >= 0.3 is 0 Å². The van der Waals surface area contributed by atoms with Crippen molar-refractivity contribution in [2.24, 2.45) is 5.73 Å². The lowest BCUT2D eigenvalue weighted by Crippen LogP contribution is -2.44. The Morgan fingerprint density at radius 3 is 2.14 bits per heavy atom. The number of methoxy groups -OCH3 is 1. The summed E-state index contributed by atoms with van der Waals surface area (Å²) in [4.78, 5) is 0. The second kappa shape index (κ2) is 6.91. The van der Waals surface area contributed by atoms with Crippen LogP contribution in [0.15, 0.2) is 24.3 Å². The number of aliphatic hydroxyl groups is 1. The lowest BCUT2D eigenvalue weighted by Gasteiger charge is -2.43. The first-order valence-electron chi connectivity index (χ1n) is 8.04. The smallest absolute Gasteiger partial charge is 0.0703 e. The van der Waals surface area contributed by atoms with E-state index in [1.54, 1.807) is 7.11 Å². The van der Waals surface area contributed by atoms with Crippen LogP contribution in [0.3, 0.4) is 0 Å². The first-order chi connectivity index (χ1) is 10.0. The van der Waals surface area contributed by atoms with Crippen LogP contribution in [0.25, 0.3) is 0 Å². The van der Waals surface area contributed by atoms with Gasteiger partial charge in [-0.1, -0.05) is 38.1 Å². The molecule has 0 spiro atoms. The fourth-order valence-corrected chi connectivity index (χ4v) is 3.23. The third-order valence-corrected chi connectivity index (χ3v) is 5.03. The number of hydrogen-bond donors (Lipinski definition) is 2. The van der Waals surface area contributed by atoms with Gasteiger partial charge in [-0.15, -0.1) is 0 Å². The van der Waals surface area contributed by atoms with Crippen LogP contribution in [0, 0.1) is 0 Å². The molecule has 2 unspecified atom stereocenters. The maximum absolute atomic E-state index is 10.6. The van der Waals surface area contributed by atoms with Crippen LogP contribution < -0.4 is 5.73 Å². The third-order valence-electron chi connectivity index (χ3n) is 5.03. The maximum Gasteiger partial charge on any atom is 0.0703 e. The Hall–Kier alpha value is -0.900. The average molecular weight is 291 g/mol. The van der Waals surface area contributed by atoms with Gasteiger partial charge in [0.15, 0.2) is 0 Å². The molecule has 3 heteroatoms. The highest BCUT2D eigenvalue weighted by Crippen LogP contribution is 2.40. The molecule has 0 amide bonds. The predicted molar refractivity (Wildman–Crippen MR) is 86.5 cm³/mol. The lowest BCUT2D eigenvalue weighted by atomic mass is 9.73. The van der Waals surface area contributed by atoms with Gasteiger partial charge in [0, 0.05) is 26.0 Å². The molecule has 118 valence electrons. The minimum absolute atomic E-state index is 0.0150. The molecule has 1 aromatic carbocycles. The predicted octanol–water partition coefficient (Wildman–Crippen LogP) is 3.17. The summed E-state index contributed by atoms with van der Waals surface area (Å²) in [5, 5.41) is 10.6. The van der Waals surface area contributed by atoms with E-state index in [9.17, 15) is 5.11 Å². The van der Waals surface area contributed by atoms with Gasteiger partial charge < -0.3 is 15.6 Å². The number of aliphatic hydroxyl groups excluding tert-OH is 1. The van der Waals surface area contributed by atoms with E-state index in [1.165, 1.54) is 12.0 Å². The molecule has 21 heavy (non-hydrogen) atoms. The first-order valence-corrected chi connectivity index (χ1v) is 8.04. The zero-order valence-electron chi connectivity index (χ0n) is 13.5. The molecule has 0 aromatic heterocycles. The number of rotatable bonds is 7. The summed E-state index contributed by atoms with van der Waals surface area (Å²) in [5.74, 6) is 0.505. The molecule has 0 saturated heterocycles. The minimum atomic E-state index is -0.444. The Bertz CT molecular complexity index is 432. The van der Waals surface area contributed by atoms with Crippen LogP contribution in [0.4, 0.5) is 0 Å². The van der Waals surface area contributed by atoms with Gasteiger partial charge in [0.1, 0.15) is 0 Å². The number of nitrogens with two attached hydrogens (primary N) is 1. The summed E-state index contributed by atoms with van der Waals surface area (Å²) >= 11 is 0. The topological polar surface area (TPSA) is 55.5 Å². The van der Waals surface area contributed by atoms with Gasteiger partial charge in [-0.05, 0) is 36.3 Å². The van der Waals surface area contributed by atoms with Gasteiger partial charge in [-0.25, -0.2) is 0 Å². The van der Waals surface area contributed by atoms with E-state index in [0.29, 0.717) is 18.9 Å². The molecule has 1 aliphatic carbocycles. The SMILES string of the molecule is COC1(CC(O)C(CN)c2ccc(C(C)C)cc2)CCC1. The molecular formula is C18H29NO2. The number of hydrogen-bond acceptors (Lipinski definition) is 3. The maximum atomic E-state index is 10.6. The van der Waals surface area contributed by atoms with E-state index in [-0.39, 0.29) is 11.5 Å². The highest BCUT2D eigenvalue weighted by atomic mass is 16.5. The molecule has 0 aliphatic heterocycles. The fourth-order valence-electron chi connectivity index (χ4n) is 3.23. The van der Waals surface area contributed by atoms with Crippen molar-refractivity contribution in [1.82, 2.24) is 0 Å². The van der Waals surface area contributed by atoms with Crippen molar-refractivity contribution in [2.45, 2.75) is 63.1 Å². The monoisotopic (exact) mass is 291 g/mol. The Labute approximate surface area is 128 Å². The molecule has 3 N–H and O–H groups in total. The standard InChI is InChI=1S/C18H29NO2/c1-13(2)14-5-7-15(8-6-14)16(12-19)17(20)11-18(21-3)9-4-10-18/h5-8,13,16-17,20H,4,9-12,19H2,1-3H3. The largest absolute Gasteiger partial charge is 0.392 e. The van der Waals surface area contributed by atoms with Gasteiger partial charge in [0.05, 0.1) is 11.7 Å². The second-order valence-corrected chi connectivity index (χ2v) is 6.68. The van der Waals surface area contributed by atoms with E-state index in [4.69, 9.17) is 10.5 Å². The van der Waals surface area contributed by atoms with E-state index >= 15 is 0 Å². The van der Waals surface area contributed by atoms with E-state index in [1.807, 2.05) is 0 Å². The highest BCUT2D eigenvalue weighted by Gasteiger charge is 2.40. The van der Waals surface area contributed by atoms with Crippen LogP contribution in [-0.2, 0) is 4.74 Å². The summed E-state index contributed by atoms with van der Waals surface area (Å²) in [6.45, 7) is 4.83. The van der Waals surface area contributed by atoms with E-state index < -0.39 is 6.10 Å². The molecule has 1 fully saturated rings. The lowest BCUT2D eigenvalue weighted by molar-refractivity contribution is -0.102. The van der Waals surface area contributed by atoms with Gasteiger partial charge in [0.2, 0.25) is 0 Å². The zero-order chi connectivity index (χ0) is 15.5. The molecule has 3 nitrogen and oxygen atoms in total. The summed E-state index contributed by atoms with van der Waals surface area (Å²) in [6, 6.07) is 8.50. The molecule has 1 aliphatic rings. The van der Waals surface area contributed by atoms with Crippen molar-refractivity contribution in [1.29, 1.82) is 0 Å². The van der Waals surface area contributed by atoms with Crippen LogP contribution in [0.2, 0.25) is 0 Å². The average Bonchev–Trinajstić information content (AvgIpc) is 2.44. The third kappa shape index (κ3) is 3.65. The van der Waals surface area contributed by atoms with Gasteiger partial charge in [0.25, 0.3) is 0 Å². The van der Waals surface area contributed by atoms with Crippen molar-refractivity contribution >= 4 is 0 Å². The summed E-state index contributed by atoms with van der Waals surface area (Å²) in [7, 11) is 1.75. The molecule has 2 atom stereocenters. The molecule has 1 aromatic rings. The Morgan fingerprint density at radius 2 is 1.76 bits per heavy atom. The van der Waals surface area contributed by atoms with E-state index in [0.717, 1.165) is 18.4 Å². The van der Waals surface area contributed by atoms with E-state index in [2.05, 4.69) is 38.1 Å². The van der Waals surface area contributed by atoms with Crippen LogP contribution in [0.1, 0.15) is 62.5 Å². The van der Waals surface area contributed by atoms with Crippen molar-refractivity contribution in [2.75, 3.05) is 13.7 Å². The van der Waals surface area contributed by atoms with Crippen molar-refractivity contribution < 1.29 is 9.84 Å². The minimum Gasteiger partial charge on any atom is -0.392 e. The highest BCUT2D eigenvalue weighted by molar-refractivity contribution is 5.28. The van der Waals surface area contributed by atoms with Crippen LogP contribution >= 0.6 is 0 Å². The number of ether oxygens (including phenoxy) is 1. The molecule has 1 saturated carbocycles. The van der Waals surface area contributed by atoms with Crippen LogP contribution in [-0.4, -0.2) is 30.5 Å². The Morgan fingerprint density at radius 1 is 1.19 bits per heavy atom. The molecular weight excluding hydrogens is 262 g/mol. The van der Waals surface area contributed by atoms with Crippen molar-refractivity contribution in [3.8, 4) is 0 Å². The normalized spacial score (nSPS) is 20.1. The summed E-state index contributed by atoms with van der Waals surface area (Å²) < 4.78 is 5.62. The van der Waals surface area contributed by atoms with Gasteiger partial charge in [-0.2, -0.15) is 0 Å². The Kier molecular flexibility index (Phi) is 5.42. The molecule has 0 heterocycles. The Balaban J connectivity index is 2.07.